The first-order valence-electron chi connectivity index (χ1n) is 7.08. The lowest BCUT2D eigenvalue weighted by atomic mass is 10.2. The number of nitrogens with zero attached hydrogens (tertiary/aromatic N) is 2. The summed E-state index contributed by atoms with van der Waals surface area (Å²) in [6.07, 6.45) is 0.590. The summed E-state index contributed by atoms with van der Waals surface area (Å²) in [5.74, 6) is -0.482. The summed E-state index contributed by atoms with van der Waals surface area (Å²) in [5, 5.41) is 8.80. The van der Waals surface area contributed by atoms with Crippen LogP contribution < -0.4 is 0 Å². The summed E-state index contributed by atoms with van der Waals surface area (Å²) in [4.78, 5) is 15.3. The number of fused-ring (bicyclic) bond motifs is 1. The average Bonchev–Trinajstić information content (AvgIpc) is 2.86. The Morgan fingerprint density at radius 2 is 2.00 bits per heavy atom. The highest BCUT2D eigenvalue weighted by Gasteiger charge is 2.13. The molecule has 0 saturated heterocycles. The van der Waals surface area contributed by atoms with E-state index in [1.807, 2.05) is 28.8 Å². The van der Waals surface area contributed by atoms with Crippen LogP contribution in [0, 0.1) is 5.82 Å². The maximum absolute atomic E-state index is 13.5. The van der Waals surface area contributed by atoms with Crippen molar-refractivity contribution in [3.63, 3.8) is 0 Å². The van der Waals surface area contributed by atoms with Gasteiger partial charge in [-0.25, -0.2) is 9.37 Å². The van der Waals surface area contributed by atoms with Crippen LogP contribution in [0.25, 0.3) is 22.4 Å². The van der Waals surface area contributed by atoms with Gasteiger partial charge in [0.05, 0.1) is 11.0 Å². The lowest BCUT2D eigenvalue weighted by Gasteiger charge is -2.08. The van der Waals surface area contributed by atoms with Crippen LogP contribution in [-0.2, 0) is 11.3 Å². The van der Waals surface area contributed by atoms with Gasteiger partial charge in [-0.05, 0) is 30.7 Å². The fourth-order valence-corrected chi connectivity index (χ4v) is 2.54. The van der Waals surface area contributed by atoms with E-state index in [9.17, 15) is 9.18 Å². The summed E-state index contributed by atoms with van der Waals surface area (Å²) in [7, 11) is 0. The van der Waals surface area contributed by atoms with Crippen LogP contribution in [0.15, 0.2) is 48.5 Å². The molecule has 0 spiro atoms. The van der Waals surface area contributed by atoms with E-state index in [0.717, 1.165) is 11.0 Å². The predicted octanol–water partition coefficient (Wildman–Crippen LogP) is 3.71. The molecule has 0 unspecified atom stereocenters. The van der Waals surface area contributed by atoms with E-state index in [4.69, 9.17) is 5.11 Å². The Morgan fingerprint density at radius 3 is 2.77 bits per heavy atom. The Hall–Kier alpha value is -2.69. The van der Waals surface area contributed by atoms with Crippen molar-refractivity contribution in [2.24, 2.45) is 0 Å². The van der Waals surface area contributed by atoms with Crippen LogP contribution in [0.1, 0.15) is 12.8 Å². The topological polar surface area (TPSA) is 55.1 Å². The molecule has 0 bridgehead atoms. The molecule has 3 rings (SSSR count). The summed E-state index contributed by atoms with van der Waals surface area (Å²) in [6, 6.07) is 13.9. The molecule has 0 aliphatic rings. The van der Waals surface area contributed by atoms with Gasteiger partial charge >= 0.3 is 5.97 Å². The molecule has 1 aromatic heterocycles. The molecule has 112 valence electrons. The molecule has 5 heteroatoms. The zero-order valence-corrected chi connectivity index (χ0v) is 11.9. The first-order valence-corrected chi connectivity index (χ1v) is 7.08. The van der Waals surface area contributed by atoms with Crippen molar-refractivity contribution in [2.45, 2.75) is 19.4 Å². The number of benzene rings is 2. The minimum Gasteiger partial charge on any atom is -0.481 e. The van der Waals surface area contributed by atoms with Crippen molar-refractivity contribution in [3.8, 4) is 11.4 Å². The normalized spacial score (nSPS) is 11.0. The van der Waals surface area contributed by atoms with Gasteiger partial charge in [-0.15, -0.1) is 0 Å². The third kappa shape index (κ3) is 2.83. The second-order valence-corrected chi connectivity index (χ2v) is 5.08. The van der Waals surface area contributed by atoms with Crippen molar-refractivity contribution in [2.75, 3.05) is 0 Å². The molecule has 3 aromatic rings. The first-order chi connectivity index (χ1) is 10.6. The van der Waals surface area contributed by atoms with Gasteiger partial charge in [0.1, 0.15) is 11.6 Å². The van der Waals surface area contributed by atoms with Crippen molar-refractivity contribution in [3.05, 3.63) is 54.3 Å². The average molecular weight is 298 g/mol. The van der Waals surface area contributed by atoms with Gasteiger partial charge in [-0.2, -0.15) is 0 Å². The molecule has 4 nitrogen and oxygen atoms in total. The third-order valence-corrected chi connectivity index (χ3v) is 3.51. The Balaban J connectivity index is 2.06. The minimum atomic E-state index is -0.822. The van der Waals surface area contributed by atoms with E-state index >= 15 is 0 Å². The standard InChI is InChI=1S/C17H15FN2O2/c18-13-6-3-5-12(11-13)17-19-14-7-1-2-8-15(14)20(17)10-4-9-16(21)22/h1-3,5-8,11H,4,9-10H2,(H,21,22). The highest BCUT2D eigenvalue weighted by molar-refractivity contribution is 5.80. The number of halogens is 1. The smallest absolute Gasteiger partial charge is 0.303 e. The Morgan fingerprint density at radius 1 is 1.18 bits per heavy atom. The molecule has 0 radical (unpaired) electrons. The zero-order chi connectivity index (χ0) is 15.5. The quantitative estimate of drug-likeness (QED) is 0.781. The van der Waals surface area contributed by atoms with E-state index < -0.39 is 5.97 Å². The fraction of sp³-hybridized carbons (Fsp3) is 0.176. The SMILES string of the molecule is O=C(O)CCCn1c(-c2cccc(F)c2)nc2ccccc21. The van der Waals surface area contributed by atoms with Gasteiger partial charge in [0.25, 0.3) is 0 Å². The largest absolute Gasteiger partial charge is 0.481 e. The number of aliphatic carboxylic acids is 1. The highest BCUT2D eigenvalue weighted by atomic mass is 19.1. The van der Waals surface area contributed by atoms with Crippen molar-refractivity contribution in [1.29, 1.82) is 0 Å². The molecule has 1 heterocycles. The van der Waals surface area contributed by atoms with Gasteiger partial charge in [-0.3, -0.25) is 4.79 Å². The van der Waals surface area contributed by atoms with Crippen molar-refractivity contribution >= 4 is 17.0 Å². The van der Waals surface area contributed by atoms with Gasteiger partial charge in [0.2, 0.25) is 0 Å². The predicted molar refractivity (Wildman–Crippen MR) is 82.0 cm³/mol. The second-order valence-electron chi connectivity index (χ2n) is 5.08. The molecule has 0 saturated carbocycles. The number of aryl methyl sites for hydroxylation is 1. The highest BCUT2D eigenvalue weighted by Crippen LogP contribution is 2.25. The van der Waals surface area contributed by atoms with Crippen molar-refractivity contribution < 1.29 is 14.3 Å². The van der Waals surface area contributed by atoms with Crippen LogP contribution in [0.2, 0.25) is 0 Å². The Labute approximate surface area is 126 Å². The summed E-state index contributed by atoms with van der Waals surface area (Å²) >= 11 is 0. The van der Waals surface area contributed by atoms with Crippen LogP contribution in [0.4, 0.5) is 4.39 Å². The minimum absolute atomic E-state index is 0.0924. The van der Waals surface area contributed by atoms with E-state index in [2.05, 4.69) is 4.98 Å². The van der Waals surface area contributed by atoms with Gasteiger partial charge < -0.3 is 9.67 Å². The number of hydrogen-bond acceptors (Lipinski definition) is 2. The Kier molecular flexibility index (Phi) is 3.87. The molecule has 2 aromatic carbocycles. The number of aromatic nitrogens is 2. The summed E-state index contributed by atoms with van der Waals surface area (Å²) < 4.78 is 15.4. The van der Waals surface area contributed by atoms with E-state index in [0.29, 0.717) is 24.4 Å². The molecule has 0 fully saturated rings. The number of imidazole rings is 1. The summed E-state index contributed by atoms with van der Waals surface area (Å²) in [5.41, 5.74) is 2.43. The van der Waals surface area contributed by atoms with Gasteiger partial charge in [0, 0.05) is 18.5 Å². The Bertz CT molecular complexity index is 826. The summed E-state index contributed by atoms with van der Waals surface area (Å²) in [6.45, 7) is 0.526. The van der Waals surface area contributed by atoms with Crippen molar-refractivity contribution in [1.82, 2.24) is 9.55 Å². The van der Waals surface area contributed by atoms with E-state index in [-0.39, 0.29) is 12.2 Å². The van der Waals surface area contributed by atoms with Crippen LogP contribution in [0.3, 0.4) is 0 Å². The molecule has 22 heavy (non-hydrogen) atoms. The molecular weight excluding hydrogens is 283 g/mol. The first kappa shape index (κ1) is 14.3. The third-order valence-electron chi connectivity index (χ3n) is 3.51. The molecule has 0 amide bonds. The number of carboxylic acids is 1. The molecule has 1 N–H and O–H groups in total. The fourth-order valence-electron chi connectivity index (χ4n) is 2.54. The lowest BCUT2D eigenvalue weighted by Crippen LogP contribution is -2.04. The number of hydrogen-bond donors (Lipinski definition) is 1. The van der Waals surface area contributed by atoms with E-state index in [1.54, 1.807) is 12.1 Å². The number of carboxylic acid groups (broad SMARTS) is 1. The zero-order valence-electron chi connectivity index (χ0n) is 11.9. The van der Waals surface area contributed by atoms with E-state index in [1.165, 1.54) is 12.1 Å². The monoisotopic (exact) mass is 298 g/mol. The molecule has 0 aliphatic heterocycles. The number of carbonyl (C=O) groups is 1. The van der Waals surface area contributed by atoms with Crippen LogP contribution in [0.5, 0.6) is 0 Å². The van der Waals surface area contributed by atoms with Gasteiger partial charge in [-0.1, -0.05) is 24.3 Å². The number of para-hydroxylation sites is 2. The molecule has 0 atom stereocenters. The maximum atomic E-state index is 13.5. The lowest BCUT2D eigenvalue weighted by molar-refractivity contribution is -0.137. The second kappa shape index (κ2) is 5.97. The number of rotatable bonds is 5. The van der Waals surface area contributed by atoms with Gasteiger partial charge in [0.15, 0.2) is 0 Å². The maximum Gasteiger partial charge on any atom is 0.303 e. The van der Waals surface area contributed by atoms with Crippen LogP contribution in [-0.4, -0.2) is 20.6 Å². The van der Waals surface area contributed by atoms with Crippen LogP contribution >= 0.6 is 0 Å². The molecular formula is C17H15FN2O2. The molecule has 0 aliphatic carbocycles.